The Bertz CT molecular complexity index is 481. The molecular formula is C17H28N4O. The van der Waals surface area contributed by atoms with Crippen molar-refractivity contribution >= 4 is 5.96 Å². The Morgan fingerprint density at radius 2 is 2.00 bits per heavy atom. The summed E-state index contributed by atoms with van der Waals surface area (Å²) in [5.41, 5.74) is 2.63. The molecule has 0 aromatic heterocycles. The summed E-state index contributed by atoms with van der Waals surface area (Å²) in [4.78, 5) is 6.67. The highest BCUT2D eigenvalue weighted by Gasteiger charge is 2.10. The van der Waals surface area contributed by atoms with Crippen LogP contribution in [-0.2, 0) is 17.8 Å². The molecule has 1 aliphatic rings. The van der Waals surface area contributed by atoms with Gasteiger partial charge in [0, 0.05) is 39.3 Å². The third-order valence-corrected chi connectivity index (χ3v) is 3.61. The van der Waals surface area contributed by atoms with Crippen LogP contribution in [0.1, 0.15) is 25.0 Å². The van der Waals surface area contributed by atoms with Crippen molar-refractivity contribution in [1.29, 1.82) is 0 Å². The predicted molar refractivity (Wildman–Crippen MR) is 91.0 cm³/mol. The average Bonchev–Trinajstić information content (AvgIpc) is 2.52. The van der Waals surface area contributed by atoms with Crippen LogP contribution in [0.4, 0.5) is 0 Å². The molecule has 0 bridgehead atoms. The summed E-state index contributed by atoms with van der Waals surface area (Å²) in [6.07, 6.45) is 0. The molecule has 0 radical (unpaired) electrons. The molecule has 5 heteroatoms. The highest BCUT2D eigenvalue weighted by Crippen LogP contribution is 2.10. The van der Waals surface area contributed by atoms with Crippen LogP contribution in [0.3, 0.4) is 0 Å². The SMILES string of the molecule is CN=C(NCc1cccc(CN2CCOCC2)c1)NC(C)C. The Morgan fingerprint density at radius 3 is 2.68 bits per heavy atom. The van der Waals surface area contributed by atoms with E-state index < -0.39 is 0 Å². The standard InChI is InChI=1S/C17H28N4O/c1-14(2)20-17(18-3)19-12-15-5-4-6-16(11-15)13-21-7-9-22-10-8-21/h4-6,11,14H,7-10,12-13H2,1-3H3,(H2,18,19,20). The lowest BCUT2D eigenvalue weighted by Crippen LogP contribution is -2.40. The molecule has 2 N–H and O–H groups in total. The predicted octanol–water partition coefficient (Wildman–Crippen LogP) is 1.59. The first-order valence-corrected chi connectivity index (χ1v) is 8.02. The topological polar surface area (TPSA) is 48.9 Å². The maximum Gasteiger partial charge on any atom is 0.191 e. The molecule has 1 fully saturated rings. The summed E-state index contributed by atoms with van der Waals surface area (Å²) in [5.74, 6) is 0.841. The molecule has 22 heavy (non-hydrogen) atoms. The van der Waals surface area contributed by atoms with E-state index >= 15 is 0 Å². The minimum Gasteiger partial charge on any atom is -0.379 e. The Hall–Kier alpha value is -1.59. The number of rotatable bonds is 5. The van der Waals surface area contributed by atoms with Gasteiger partial charge in [0.2, 0.25) is 0 Å². The Balaban J connectivity index is 1.87. The Labute approximate surface area is 133 Å². The summed E-state index contributed by atoms with van der Waals surface area (Å²) in [5, 5.41) is 6.65. The van der Waals surface area contributed by atoms with Crippen LogP contribution < -0.4 is 10.6 Å². The van der Waals surface area contributed by atoms with E-state index in [2.05, 4.69) is 58.6 Å². The normalized spacial score (nSPS) is 16.8. The van der Waals surface area contributed by atoms with E-state index in [1.807, 2.05) is 0 Å². The van der Waals surface area contributed by atoms with Gasteiger partial charge in [-0.05, 0) is 25.0 Å². The second kappa shape index (κ2) is 8.76. The molecule has 1 aliphatic heterocycles. The number of benzene rings is 1. The quantitative estimate of drug-likeness (QED) is 0.641. The number of nitrogens with one attached hydrogen (secondary N) is 2. The van der Waals surface area contributed by atoms with Crippen molar-refractivity contribution in [2.75, 3.05) is 33.4 Å². The number of guanidine groups is 1. The van der Waals surface area contributed by atoms with E-state index in [4.69, 9.17) is 4.74 Å². The number of morpholine rings is 1. The van der Waals surface area contributed by atoms with Crippen LogP contribution in [0.15, 0.2) is 29.3 Å². The summed E-state index contributed by atoms with van der Waals surface area (Å²) in [6, 6.07) is 9.12. The van der Waals surface area contributed by atoms with Crippen molar-refractivity contribution in [2.45, 2.75) is 33.0 Å². The van der Waals surface area contributed by atoms with Crippen molar-refractivity contribution in [1.82, 2.24) is 15.5 Å². The first-order chi connectivity index (χ1) is 10.7. The summed E-state index contributed by atoms with van der Waals surface area (Å²) in [7, 11) is 1.80. The van der Waals surface area contributed by atoms with E-state index in [0.29, 0.717) is 6.04 Å². The first kappa shape index (κ1) is 16.8. The van der Waals surface area contributed by atoms with Gasteiger partial charge >= 0.3 is 0 Å². The summed E-state index contributed by atoms with van der Waals surface area (Å²) < 4.78 is 5.40. The third kappa shape index (κ3) is 5.66. The highest BCUT2D eigenvalue weighted by molar-refractivity contribution is 5.79. The molecule has 0 spiro atoms. The van der Waals surface area contributed by atoms with Gasteiger partial charge in [-0.15, -0.1) is 0 Å². The van der Waals surface area contributed by atoms with Crippen molar-refractivity contribution < 1.29 is 4.74 Å². The molecule has 1 heterocycles. The fraction of sp³-hybridized carbons (Fsp3) is 0.588. The van der Waals surface area contributed by atoms with Crippen molar-refractivity contribution in [3.63, 3.8) is 0 Å². The van der Waals surface area contributed by atoms with E-state index in [1.54, 1.807) is 7.05 Å². The van der Waals surface area contributed by atoms with Gasteiger partial charge in [0.15, 0.2) is 5.96 Å². The lowest BCUT2D eigenvalue weighted by atomic mass is 10.1. The van der Waals surface area contributed by atoms with Gasteiger partial charge in [-0.3, -0.25) is 9.89 Å². The lowest BCUT2D eigenvalue weighted by Gasteiger charge is -2.26. The zero-order valence-electron chi connectivity index (χ0n) is 13.9. The number of ether oxygens (including phenoxy) is 1. The number of nitrogens with zero attached hydrogens (tertiary/aromatic N) is 2. The first-order valence-electron chi connectivity index (χ1n) is 8.02. The molecule has 2 rings (SSSR count). The van der Waals surface area contributed by atoms with Crippen LogP contribution in [0, 0.1) is 0 Å². The Kier molecular flexibility index (Phi) is 6.68. The molecule has 0 saturated carbocycles. The van der Waals surface area contributed by atoms with E-state index in [-0.39, 0.29) is 0 Å². The molecule has 5 nitrogen and oxygen atoms in total. The summed E-state index contributed by atoms with van der Waals surface area (Å²) in [6.45, 7) is 9.73. The monoisotopic (exact) mass is 304 g/mol. The van der Waals surface area contributed by atoms with Crippen molar-refractivity contribution in [2.24, 2.45) is 4.99 Å². The molecule has 0 amide bonds. The van der Waals surface area contributed by atoms with E-state index in [9.17, 15) is 0 Å². The second-order valence-corrected chi connectivity index (χ2v) is 5.93. The Morgan fingerprint density at radius 1 is 1.27 bits per heavy atom. The number of hydrogen-bond donors (Lipinski definition) is 2. The smallest absolute Gasteiger partial charge is 0.191 e. The van der Waals surface area contributed by atoms with E-state index in [0.717, 1.165) is 45.4 Å². The summed E-state index contributed by atoms with van der Waals surface area (Å²) >= 11 is 0. The van der Waals surface area contributed by atoms with Crippen molar-refractivity contribution in [3.8, 4) is 0 Å². The van der Waals surface area contributed by atoms with Crippen LogP contribution in [-0.4, -0.2) is 50.3 Å². The zero-order chi connectivity index (χ0) is 15.8. The molecule has 1 aromatic rings. The van der Waals surface area contributed by atoms with Gasteiger partial charge in [0.25, 0.3) is 0 Å². The molecule has 1 aromatic carbocycles. The van der Waals surface area contributed by atoms with Gasteiger partial charge in [-0.1, -0.05) is 24.3 Å². The van der Waals surface area contributed by atoms with Crippen LogP contribution in [0.5, 0.6) is 0 Å². The zero-order valence-corrected chi connectivity index (χ0v) is 13.9. The van der Waals surface area contributed by atoms with Gasteiger partial charge in [-0.25, -0.2) is 0 Å². The maximum atomic E-state index is 5.40. The molecular weight excluding hydrogens is 276 g/mol. The lowest BCUT2D eigenvalue weighted by molar-refractivity contribution is 0.0342. The van der Waals surface area contributed by atoms with Crippen molar-refractivity contribution in [3.05, 3.63) is 35.4 Å². The van der Waals surface area contributed by atoms with Gasteiger partial charge in [-0.2, -0.15) is 0 Å². The fourth-order valence-corrected chi connectivity index (χ4v) is 2.51. The third-order valence-electron chi connectivity index (χ3n) is 3.61. The van der Waals surface area contributed by atoms with Gasteiger partial charge < -0.3 is 15.4 Å². The largest absolute Gasteiger partial charge is 0.379 e. The fourth-order valence-electron chi connectivity index (χ4n) is 2.51. The minimum atomic E-state index is 0.374. The molecule has 0 atom stereocenters. The van der Waals surface area contributed by atoms with Gasteiger partial charge in [0.1, 0.15) is 0 Å². The van der Waals surface area contributed by atoms with E-state index in [1.165, 1.54) is 11.1 Å². The van der Waals surface area contributed by atoms with Crippen LogP contribution in [0.2, 0.25) is 0 Å². The van der Waals surface area contributed by atoms with Crippen LogP contribution in [0.25, 0.3) is 0 Å². The average molecular weight is 304 g/mol. The molecule has 1 saturated heterocycles. The molecule has 0 aliphatic carbocycles. The molecule has 0 unspecified atom stereocenters. The maximum absolute atomic E-state index is 5.40. The van der Waals surface area contributed by atoms with Gasteiger partial charge in [0.05, 0.1) is 13.2 Å². The minimum absolute atomic E-state index is 0.374. The second-order valence-electron chi connectivity index (χ2n) is 5.93. The van der Waals surface area contributed by atoms with Crippen LogP contribution >= 0.6 is 0 Å². The highest BCUT2D eigenvalue weighted by atomic mass is 16.5. The number of hydrogen-bond acceptors (Lipinski definition) is 3. The number of aliphatic imine (C=N–C) groups is 1. The molecule has 122 valence electrons.